The number of carboxylic acid groups (broad SMARTS) is 2. The fourth-order valence-electron chi connectivity index (χ4n) is 1.70. The molecule has 0 aliphatic carbocycles. The van der Waals surface area contributed by atoms with Crippen LogP contribution in [0.15, 0.2) is 0 Å². The molecule has 0 aliphatic rings. The van der Waals surface area contributed by atoms with Gasteiger partial charge in [-0.1, -0.05) is 26.2 Å². The zero-order valence-corrected chi connectivity index (χ0v) is 11.3. The Morgan fingerprint density at radius 2 is 1.68 bits per heavy atom. The highest BCUT2D eigenvalue weighted by atomic mass is 16.4. The van der Waals surface area contributed by atoms with E-state index in [1.54, 1.807) is 0 Å². The summed E-state index contributed by atoms with van der Waals surface area (Å²) in [7, 11) is 0. The molecular formula is C12H24N2O5. The first-order valence-corrected chi connectivity index (χ1v) is 6.51. The van der Waals surface area contributed by atoms with Gasteiger partial charge in [0.2, 0.25) is 0 Å². The van der Waals surface area contributed by atoms with Crippen molar-refractivity contribution in [2.75, 3.05) is 19.6 Å². The van der Waals surface area contributed by atoms with E-state index in [0.29, 0.717) is 6.42 Å². The zero-order valence-electron chi connectivity index (χ0n) is 11.3. The largest absolute Gasteiger partial charge is 0.480 e. The van der Waals surface area contributed by atoms with Crippen LogP contribution in [0.3, 0.4) is 0 Å². The van der Waals surface area contributed by atoms with Crippen LogP contribution in [0.1, 0.15) is 39.0 Å². The Balaban J connectivity index is 4.18. The van der Waals surface area contributed by atoms with Gasteiger partial charge < -0.3 is 20.6 Å². The second kappa shape index (κ2) is 9.71. The third-order valence-electron chi connectivity index (χ3n) is 2.71. The molecule has 0 radical (unpaired) electrons. The van der Waals surface area contributed by atoms with Crippen molar-refractivity contribution in [3.63, 3.8) is 0 Å². The lowest BCUT2D eigenvalue weighted by atomic mass is 10.0. The summed E-state index contributed by atoms with van der Waals surface area (Å²) < 4.78 is 0. The van der Waals surface area contributed by atoms with Gasteiger partial charge in [0, 0.05) is 6.54 Å². The molecule has 0 aromatic heterocycles. The molecule has 0 saturated heterocycles. The smallest absolute Gasteiger partial charge is 0.317 e. The molecule has 1 unspecified atom stereocenters. The van der Waals surface area contributed by atoms with Gasteiger partial charge >= 0.3 is 11.9 Å². The van der Waals surface area contributed by atoms with Gasteiger partial charge in [0.25, 0.3) is 0 Å². The second-order valence-corrected chi connectivity index (χ2v) is 4.59. The maximum absolute atomic E-state index is 10.5. The highest BCUT2D eigenvalue weighted by Gasteiger charge is 2.26. The minimum Gasteiger partial charge on any atom is -0.480 e. The molecule has 0 heterocycles. The Morgan fingerprint density at radius 1 is 1.05 bits per heavy atom. The van der Waals surface area contributed by atoms with Gasteiger partial charge in [0.1, 0.15) is 5.72 Å². The SMILES string of the molecule is CCCCCCC(O)(CNCC(=O)O)NCC(=O)O. The summed E-state index contributed by atoms with van der Waals surface area (Å²) in [6, 6.07) is 0. The summed E-state index contributed by atoms with van der Waals surface area (Å²) in [5.74, 6) is -2.09. The highest BCUT2D eigenvalue weighted by Crippen LogP contribution is 2.12. The third kappa shape index (κ3) is 10.4. The van der Waals surface area contributed by atoms with E-state index in [9.17, 15) is 14.7 Å². The van der Waals surface area contributed by atoms with Crippen LogP contribution in [0.25, 0.3) is 0 Å². The fraction of sp³-hybridized carbons (Fsp3) is 0.833. The summed E-state index contributed by atoms with van der Waals surface area (Å²) in [5.41, 5.74) is -1.39. The topological polar surface area (TPSA) is 119 Å². The van der Waals surface area contributed by atoms with Crippen molar-refractivity contribution in [1.82, 2.24) is 10.6 Å². The second-order valence-electron chi connectivity index (χ2n) is 4.59. The van der Waals surface area contributed by atoms with Crippen molar-refractivity contribution in [1.29, 1.82) is 0 Å². The van der Waals surface area contributed by atoms with E-state index in [4.69, 9.17) is 10.2 Å². The van der Waals surface area contributed by atoms with Crippen LogP contribution in [0, 0.1) is 0 Å². The summed E-state index contributed by atoms with van der Waals surface area (Å²) in [6.45, 7) is 1.44. The maximum Gasteiger partial charge on any atom is 0.317 e. The van der Waals surface area contributed by atoms with Crippen molar-refractivity contribution in [3.05, 3.63) is 0 Å². The lowest BCUT2D eigenvalue weighted by Gasteiger charge is -2.29. The predicted molar refractivity (Wildman–Crippen MR) is 69.9 cm³/mol. The third-order valence-corrected chi connectivity index (χ3v) is 2.71. The molecule has 7 heteroatoms. The van der Waals surface area contributed by atoms with E-state index in [1.807, 2.05) is 0 Å². The number of unbranched alkanes of at least 4 members (excludes halogenated alkanes) is 3. The highest BCUT2D eigenvalue weighted by molar-refractivity contribution is 5.69. The number of hydrogen-bond donors (Lipinski definition) is 5. The number of hydrogen-bond acceptors (Lipinski definition) is 5. The van der Waals surface area contributed by atoms with Crippen molar-refractivity contribution >= 4 is 11.9 Å². The molecule has 7 nitrogen and oxygen atoms in total. The van der Waals surface area contributed by atoms with Crippen LogP contribution in [0.5, 0.6) is 0 Å². The van der Waals surface area contributed by atoms with E-state index in [-0.39, 0.29) is 19.6 Å². The number of carbonyl (C=O) groups is 2. The molecule has 5 N–H and O–H groups in total. The number of aliphatic carboxylic acids is 2. The Morgan fingerprint density at radius 3 is 2.21 bits per heavy atom. The van der Waals surface area contributed by atoms with Gasteiger partial charge in [0.15, 0.2) is 0 Å². The number of aliphatic hydroxyl groups is 1. The van der Waals surface area contributed by atoms with Crippen LogP contribution in [0.4, 0.5) is 0 Å². The van der Waals surface area contributed by atoms with E-state index in [2.05, 4.69) is 17.6 Å². The number of rotatable bonds is 12. The molecule has 0 bridgehead atoms. The number of nitrogens with one attached hydrogen (secondary N) is 2. The first-order chi connectivity index (χ1) is 8.89. The van der Waals surface area contributed by atoms with E-state index in [1.165, 1.54) is 0 Å². The summed E-state index contributed by atoms with van der Waals surface area (Å²) in [6.07, 6.45) is 4.21. The van der Waals surface area contributed by atoms with Crippen LogP contribution in [0.2, 0.25) is 0 Å². The van der Waals surface area contributed by atoms with Crippen LogP contribution < -0.4 is 10.6 Å². The zero-order chi connectivity index (χ0) is 14.7. The Bertz CT molecular complexity index is 285. The van der Waals surface area contributed by atoms with E-state index in [0.717, 1.165) is 25.7 Å². The molecule has 0 rings (SSSR count). The van der Waals surface area contributed by atoms with Gasteiger partial charge in [-0.05, 0) is 12.8 Å². The molecule has 0 aromatic rings. The predicted octanol–water partition coefficient (Wildman–Crippen LogP) is -0.00620. The quantitative estimate of drug-likeness (QED) is 0.251. The summed E-state index contributed by atoms with van der Waals surface area (Å²) in [4.78, 5) is 20.9. The molecular weight excluding hydrogens is 252 g/mol. The van der Waals surface area contributed by atoms with Crippen molar-refractivity contribution in [3.8, 4) is 0 Å². The monoisotopic (exact) mass is 276 g/mol. The summed E-state index contributed by atoms with van der Waals surface area (Å²) in [5, 5.41) is 32.5. The minimum absolute atomic E-state index is 0.00128. The molecule has 112 valence electrons. The standard InChI is InChI=1S/C12H24N2O5/c1-2-3-4-5-6-12(19,14-8-11(17)18)9-13-7-10(15)16/h13-14,19H,2-9H2,1H3,(H,15,16)(H,17,18). The molecule has 0 spiro atoms. The Hall–Kier alpha value is -1.18. The molecule has 19 heavy (non-hydrogen) atoms. The fourth-order valence-corrected chi connectivity index (χ4v) is 1.70. The number of carboxylic acids is 2. The van der Waals surface area contributed by atoms with E-state index < -0.39 is 17.7 Å². The molecule has 0 aromatic carbocycles. The molecule has 0 fully saturated rings. The first kappa shape index (κ1) is 17.8. The van der Waals surface area contributed by atoms with Gasteiger partial charge in [-0.2, -0.15) is 0 Å². The molecule has 0 amide bonds. The summed E-state index contributed by atoms with van der Waals surface area (Å²) >= 11 is 0. The van der Waals surface area contributed by atoms with Gasteiger partial charge in [0.05, 0.1) is 13.1 Å². The first-order valence-electron chi connectivity index (χ1n) is 6.51. The van der Waals surface area contributed by atoms with Crippen LogP contribution >= 0.6 is 0 Å². The van der Waals surface area contributed by atoms with Crippen molar-refractivity contribution in [2.24, 2.45) is 0 Å². The van der Waals surface area contributed by atoms with Crippen molar-refractivity contribution in [2.45, 2.75) is 44.8 Å². The molecule has 0 aliphatic heterocycles. The lowest BCUT2D eigenvalue weighted by molar-refractivity contribution is -0.139. The van der Waals surface area contributed by atoms with Crippen LogP contribution in [-0.2, 0) is 9.59 Å². The van der Waals surface area contributed by atoms with E-state index >= 15 is 0 Å². The van der Waals surface area contributed by atoms with Crippen molar-refractivity contribution < 1.29 is 24.9 Å². The van der Waals surface area contributed by atoms with Gasteiger partial charge in [-0.15, -0.1) is 0 Å². The normalized spacial score (nSPS) is 14.0. The van der Waals surface area contributed by atoms with Gasteiger partial charge in [-0.25, -0.2) is 0 Å². The average molecular weight is 276 g/mol. The average Bonchev–Trinajstić information content (AvgIpc) is 2.32. The minimum atomic E-state index is -1.39. The van der Waals surface area contributed by atoms with Gasteiger partial charge in [-0.3, -0.25) is 14.9 Å². The maximum atomic E-state index is 10.5. The van der Waals surface area contributed by atoms with Crippen LogP contribution in [-0.4, -0.2) is 52.6 Å². The Kier molecular flexibility index (Phi) is 9.11. The molecule has 1 atom stereocenters. The Labute approximate surface area is 113 Å². The molecule has 0 saturated carbocycles. The lowest BCUT2D eigenvalue weighted by Crippen LogP contribution is -2.54.